The molecule has 0 spiro atoms. The predicted octanol–water partition coefficient (Wildman–Crippen LogP) is 1.72. The van der Waals surface area contributed by atoms with Gasteiger partial charge in [-0.2, -0.15) is 0 Å². The molecule has 0 saturated carbocycles. The number of aromatic amines is 1. The molecule has 4 aromatic rings. The van der Waals surface area contributed by atoms with Crippen LogP contribution in [0.2, 0.25) is 5.02 Å². The van der Waals surface area contributed by atoms with E-state index in [-0.39, 0.29) is 23.0 Å². The summed E-state index contributed by atoms with van der Waals surface area (Å²) in [5, 5.41) is 4.52. The van der Waals surface area contributed by atoms with E-state index in [0.29, 0.717) is 41.6 Å². The van der Waals surface area contributed by atoms with Gasteiger partial charge in [0, 0.05) is 23.5 Å². The number of rotatable bonds is 5. The van der Waals surface area contributed by atoms with Crippen molar-refractivity contribution in [2.24, 2.45) is 5.92 Å². The van der Waals surface area contributed by atoms with Crippen molar-refractivity contribution in [1.29, 1.82) is 0 Å². The van der Waals surface area contributed by atoms with E-state index in [2.05, 4.69) is 20.2 Å². The molecule has 3 heterocycles. The number of H-pyrrole nitrogens is 1. The van der Waals surface area contributed by atoms with E-state index in [0.717, 1.165) is 29.4 Å². The quantitative estimate of drug-likeness (QED) is 0.454. The van der Waals surface area contributed by atoms with Crippen molar-refractivity contribution in [2.75, 3.05) is 13.1 Å². The number of carbonyl (C=O) groups is 1. The first-order chi connectivity index (χ1) is 15.5. The molecule has 1 unspecified atom stereocenters. The fourth-order valence-corrected chi connectivity index (χ4v) is 4.35. The number of furan rings is 1. The van der Waals surface area contributed by atoms with E-state index in [1.165, 1.54) is 0 Å². The van der Waals surface area contributed by atoms with Crippen molar-refractivity contribution in [3.63, 3.8) is 0 Å². The number of halogens is 1. The van der Waals surface area contributed by atoms with Gasteiger partial charge in [0.15, 0.2) is 0 Å². The second-order valence-electron chi connectivity index (χ2n) is 8.36. The number of hydrogen-bond acceptors (Lipinski definition) is 5. The number of benzene rings is 2. The summed E-state index contributed by atoms with van der Waals surface area (Å²) in [7, 11) is 1.99. The van der Waals surface area contributed by atoms with Crippen LogP contribution in [0.3, 0.4) is 0 Å². The first-order valence-electron chi connectivity index (χ1n) is 10.6. The van der Waals surface area contributed by atoms with Crippen LogP contribution in [0, 0.1) is 5.92 Å². The summed E-state index contributed by atoms with van der Waals surface area (Å²) in [5.41, 5.74) is 3.29. The van der Waals surface area contributed by atoms with Crippen LogP contribution in [0.5, 0.6) is 0 Å². The molecular weight excluding hydrogens is 427 g/mol. The van der Waals surface area contributed by atoms with E-state index in [1.54, 1.807) is 0 Å². The van der Waals surface area contributed by atoms with Gasteiger partial charge < -0.3 is 14.7 Å². The highest BCUT2D eigenvalue weighted by atomic mass is 35.5. The average Bonchev–Trinajstić information content (AvgIpc) is 3.38. The molecule has 2 aromatic carbocycles. The topological polar surface area (TPSA) is 91.2 Å². The molecule has 32 heavy (non-hydrogen) atoms. The maximum atomic E-state index is 12.6. The van der Waals surface area contributed by atoms with Crippen molar-refractivity contribution in [3.8, 4) is 0 Å². The minimum atomic E-state index is -0.282. The molecule has 5 rings (SSSR count). The van der Waals surface area contributed by atoms with Crippen molar-refractivity contribution in [1.82, 2.24) is 20.2 Å². The first-order valence-corrected chi connectivity index (χ1v) is 11.0. The highest BCUT2D eigenvalue weighted by molar-refractivity contribution is 6.33. The van der Waals surface area contributed by atoms with E-state index in [4.69, 9.17) is 16.0 Å². The van der Waals surface area contributed by atoms with Crippen LogP contribution in [0.25, 0.3) is 22.1 Å². The Balaban J connectivity index is 1.26. The van der Waals surface area contributed by atoms with Gasteiger partial charge in [0.2, 0.25) is 11.5 Å². The summed E-state index contributed by atoms with van der Waals surface area (Å²) >= 11 is 5.91. The Bertz CT molecular complexity index is 1370. The van der Waals surface area contributed by atoms with Crippen LogP contribution >= 0.6 is 11.6 Å². The Labute approximate surface area is 190 Å². The highest BCUT2D eigenvalue weighted by Crippen LogP contribution is 2.24. The largest absolute Gasteiger partial charge is 0.449 e. The van der Waals surface area contributed by atoms with Crippen molar-refractivity contribution < 1.29 is 9.21 Å². The van der Waals surface area contributed by atoms with Gasteiger partial charge in [0.05, 0.1) is 12.5 Å². The zero-order chi connectivity index (χ0) is 22.2. The molecule has 162 valence electrons. The molecular formula is C23H22BClN4O3. The summed E-state index contributed by atoms with van der Waals surface area (Å²) in [6.45, 7) is 2.35. The molecule has 1 aliphatic heterocycles. The molecule has 1 atom stereocenters. The summed E-state index contributed by atoms with van der Waals surface area (Å²) < 4.78 is 5.70. The van der Waals surface area contributed by atoms with Gasteiger partial charge in [-0.25, -0.2) is 4.98 Å². The van der Waals surface area contributed by atoms with Crippen LogP contribution < -0.4 is 16.3 Å². The fourth-order valence-electron chi connectivity index (χ4n) is 4.23. The van der Waals surface area contributed by atoms with Crippen LogP contribution in [-0.4, -0.2) is 41.7 Å². The molecule has 1 fully saturated rings. The maximum absolute atomic E-state index is 12.6. The number of aromatic nitrogens is 2. The minimum Gasteiger partial charge on any atom is -0.449 e. The fraction of sp³-hybridized carbons (Fsp3) is 0.261. The molecule has 0 radical (unpaired) electrons. The first kappa shape index (κ1) is 20.8. The number of amides is 1. The number of hydrogen-bond donors (Lipinski definition) is 2. The summed E-state index contributed by atoms with van der Waals surface area (Å²) in [5.74, 6) is 0.528. The molecule has 2 N–H and O–H groups in total. The molecule has 1 aliphatic rings. The normalized spacial score (nSPS) is 16.7. The standard InChI is InChI=1S/C23H22BClN4O3/c24-15-3-6-18-17(9-15)20-21(32-18)23(31)28-19(27-20)12-29-8-7-14(11-29)22(30)26-10-13-1-4-16(25)5-2-13/h1-6,9,14H,7-8,10-12,24H2,(H,26,30)(H,27,28,31). The monoisotopic (exact) mass is 448 g/mol. The van der Waals surface area contributed by atoms with E-state index < -0.39 is 0 Å². The van der Waals surface area contributed by atoms with Gasteiger partial charge in [-0.05, 0) is 36.7 Å². The molecule has 1 amide bonds. The lowest BCUT2D eigenvalue weighted by molar-refractivity contribution is -0.124. The molecule has 0 bridgehead atoms. The van der Waals surface area contributed by atoms with E-state index >= 15 is 0 Å². The van der Waals surface area contributed by atoms with Gasteiger partial charge in [-0.15, -0.1) is 0 Å². The Kier molecular flexibility index (Phi) is 5.49. The van der Waals surface area contributed by atoms with Crippen molar-refractivity contribution >= 4 is 52.9 Å². The maximum Gasteiger partial charge on any atom is 0.294 e. The predicted molar refractivity (Wildman–Crippen MR) is 127 cm³/mol. The zero-order valence-corrected chi connectivity index (χ0v) is 18.4. The molecule has 2 aromatic heterocycles. The number of nitrogens with one attached hydrogen (secondary N) is 2. The third-order valence-corrected chi connectivity index (χ3v) is 6.18. The number of likely N-dealkylation sites (tertiary alicyclic amines) is 1. The van der Waals surface area contributed by atoms with E-state index in [1.807, 2.05) is 50.3 Å². The summed E-state index contributed by atoms with van der Waals surface area (Å²) in [4.78, 5) is 34.8. The third-order valence-electron chi connectivity index (χ3n) is 5.92. The van der Waals surface area contributed by atoms with Crippen LogP contribution in [0.15, 0.2) is 51.7 Å². The molecule has 0 aliphatic carbocycles. The Morgan fingerprint density at radius 3 is 2.91 bits per heavy atom. The Morgan fingerprint density at radius 2 is 2.09 bits per heavy atom. The Morgan fingerprint density at radius 1 is 1.28 bits per heavy atom. The minimum absolute atomic E-state index is 0.0376. The second-order valence-corrected chi connectivity index (χ2v) is 8.79. The number of fused-ring (bicyclic) bond motifs is 3. The number of carbonyl (C=O) groups excluding carboxylic acids is 1. The van der Waals surface area contributed by atoms with Gasteiger partial charge >= 0.3 is 0 Å². The van der Waals surface area contributed by atoms with Gasteiger partial charge in [0.25, 0.3) is 5.56 Å². The Hall–Kier alpha value is -3.10. The third kappa shape index (κ3) is 4.16. The average molecular weight is 449 g/mol. The van der Waals surface area contributed by atoms with Crippen molar-refractivity contribution in [3.05, 3.63) is 69.2 Å². The molecule has 7 nitrogen and oxygen atoms in total. The molecule has 1 saturated heterocycles. The van der Waals surface area contributed by atoms with Gasteiger partial charge in [-0.3, -0.25) is 14.5 Å². The van der Waals surface area contributed by atoms with Crippen molar-refractivity contribution in [2.45, 2.75) is 19.5 Å². The summed E-state index contributed by atoms with van der Waals surface area (Å²) in [6.07, 6.45) is 0.771. The van der Waals surface area contributed by atoms with Crippen LogP contribution in [0.1, 0.15) is 17.8 Å². The van der Waals surface area contributed by atoms with E-state index in [9.17, 15) is 9.59 Å². The number of nitrogens with zero attached hydrogens (tertiary/aromatic N) is 2. The second kappa shape index (κ2) is 8.45. The highest BCUT2D eigenvalue weighted by Gasteiger charge is 2.28. The van der Waals surface area contributed by atoms with Gasteiger partial charge in [-0.1, -0.05) is 41.3 Å². The summed E-state index contributed by atoms with van der Waals surface area (Å²) in [6, 6.07) is 13.2. The smallest absolute Gasteiger partial charge is 0.294 e. The lowest BCUT2D eigenvalue weighted by Crippen LogP contribution is -2.32. The molecule has 9 heteroatoms. The lowest BCUT2D eigenvalue weighted by Gasteiger charge is -2.15. The van der Waals surface area contributed by atoms with Crippen LogP contribution in [-0.2, 0) is 17.9 Å². The zero-order valence-electron chi connectivity index (χ0n) is 17.7. The van der Waals surface area contributed by atoms with Gasteiger partial charge in [0.1, 0.15) is 24.8 Å². The van der Waals surface area contributed by atoms with Crippen LogP contribution in [0.4, 0.5) is 0 Å². The lowest BCUT2D eigenvalue weighted by atomic mass is 9.95. The SMILES string of the molecule is Bc1ccc2oc3c(=O)[nH]c(CN4CCC(C(=O)NCc5ccc(Cl)cc5)C4)nc3c2c1.